The van der Waals surface area contributed by atoms with Crippen LogP contribution < -0.4 is 15.2 Å². The largest absolute Gasteiger partial charge is 0.508 e. The molecule has 0 bridgehead atoms. The third-order valence-corrected chi connectivity index (χ3v) is 5.39. The number of phenols is 1. The van der Waals surface area contributed by atoms with Crippen LogP contribution in [0.15, 0.2) is 47.4 Å². The average Bonchev–Trinajstić information content (AvgIpc) is 2.62. The van der Waals surface area contributed by atoms with Gasteiger partial charge in [0.15, 0.2) is 0 Å². The summed E-state index contributed by atoms with van der Waals surface area (Å²) in [4.78, 5) is 21.4. The van der Waals surface area contributed by atoms with E-state index in [1.807, 2.05) is 0 Å². The van der Waals surface area contributed by atoms with E-state index >= 15 is 0 Å². The van der Waals surface area contributed by atoms with Crippen molar-refractivity contribution in [3.05, 3.63) is 58.1 Å². The molecule has 0 spiro atoms. The van der Waals surface area contributed by atoms with Crippen LogP contribution in [0.1, 0.15) is 12.5 Å². The van der Waals surface area contributed by atoms with Crippen molar-refractivity contribution in [1.29, 1.82) is 0 Å². The van der Waals surface area contributed by atoms with E-state index in [0.717, 1.165) is 12.1 Å². The maximum atomic E-state index is 13.0. The maximum absolute atomic E-state index is 13.0. The third-order valence-electron chi connectivity index (χ3n) is 4.12. The molecule has 0 heterocycles. The van der Waals surface area contributed by atoms with Crippen LogP contribution in [0.5, 0.6) is 11.5 Å². The fourth-order valence-electron chi connectivity index (χ4n) is 2.96. The minimum atomic E-state index is -4.66. The van der Waals surface area contributed by atoms with Crippen molar-refractivity contribution in [2.75, 3.05) is 11.1 Å². The van der Waals surface area contributed by atoms with Gasteiger partial charge in [-0.05, 0) is 42.1 Å². The number of nitrogens with one attached hydrogen (secondary N) is 1. The van der Waals surface area contributed by atoms with Gasteiger partial charge in [0.2, 0.25) is 11.7 Å². The topological polar surface area (TPSA) is 162 Å². The first-order valence-corrected chi connectivity index (χ1v) is 9.92. The third kappa shape index (κ3) is 4.10. The van der Waals surface area contributed by atoms with Crippen LogP contribution in [0, 0.1) is 17.0 Å². The number of hydrogen-bond donors (Lipinski definition) is 3. The van der Waals surface area contributed by atoms with Gasteiger partial charge in [-0.1, -0.05) is 6.07 Å². The van der Waals surface area contributed by atoms with Crippen LogP contribution >= 0.6 is 0 Å². The summed E-state index contributed by atoms with van der Waals surface area (Å²) in [5, 5.41) is 24.3. The number of benzene rings is 3. The molecule has 11 heteroatoms. The van der Waals surface area contributed by atoms with Crippen LogP contribution in [0.3, 0.4) is 0 Å². The number of amides is 1. The summed E-state index contributed by atoms with van der Waals surface area (Å²) in [7, 11) is -4.66. The summed E-state index contributed by atoms with van der Waals surface area (Å²) in [6.45, 7) is 2.86. The Bertz CT molecular complexity index is 1300. The van der Waals surface area contributed by atoms with Crippen LogP contribution in [0.25, 0.3) is 10.8 Å². The van der Waals surface area contributed by atoms with Crippen molar-refractivity contribution < 1.29 is 27.4 Å². The van der Waals surface area contributed by atoms with Gasteiger partial charge in [-0.3, -0.25) is 14.9 Å². The number of nitrogens with zero attached hydrogens (tertiary/aromatic N) is 1. The Kier molecular flexibility index (Phi) is 5.23. The predicted molar refractivity (Wildman–Crippen MR) is 110 cm³/mol. The summed E-state index contributed by atoms with van der Waals surface area (Å²) in [6, 6.07) is 9.18. The summed E-state index contributed by atoms with van der Waals surface area (Å²) in [6.07, 6.45) is 0. The number of hydrogen-bond acceptors (Lipinski definition) is 8. The van der Waals surface area contributed by atoms with Crippen LogP contribution in [-0.4, -0.2) is 24.4 Å². The highest BCUT2D eigenvalue weighted by Crippen LogP contribution is 2.38. The zero-order valence-electron chi connectivity index (χ0n) is 15.9. The van der Waals surface area contributed by atoms with Crippen molar-refractivity contribution in [3.63, 3.8) is 0 Å². The van der Waals surface area contributed by atoms with Gasteiger partial charge in [-0.15, -0.1) is 0 Å². The molecule has 3 aromatic carbocycles. The zero-order valence-corrected chi connectivity index (χ0v) is 16.7. The van der Waals surface area contributed by atoms with Crippen molar-refractivity contribution >= 4 is 43.9 Å². The minimum absolute atomic E-state index is 0.132. The van der Waals surface area contributed by atoms with E-state index in [1.54, 1.807) is 6.92 Å². The molecule has 0 fully saturated rings. The molecule has 0 aliphatic carbocycles. The molecule has 0 aliphatic rings. The lowest BCUT2D eigenvalue weighted by atomic mass is 10.1. The highest BCUT2D eigenvalue weighted by Gasteiger charge is 2.28. The summed E-state index contributed by atoms with van der Waals surface area (Å²) in [5.41, 5.74) is 5.70. The van der Waals surface area contributed by atoms with E-state index < -0.39 is 31.4 Å². The molecule has 156 valence electrons. The highest BCUT2D eigenvalue weighted by molar-refractivity contribution is 7.87. The normalized spacial score (nSPS) is 11.3. The number of nitrogen functional groups attached to an aromatic ring is 1. The molecule has 0 saturated carbocycles. The Morgan fingerprint density at radius 1 is 1.20 bits per heavy atom. The number of fused-ring (bicyclic) bond motifs is 1. The number of rotatable bonds is 5. The van der Waals surface area contributed by atoms with Crippen molar-refractivity contribution in [2.24, 2.45) is 0 Å². The van der Waals surface area contributed by atoms with Gasteiger partial charge < -0.3 is 20.3 Å². The molecule has 0 aliphatic heterocycles. The molecular formula is C19H17N3O7S. The molecule has 1 amide bonds. The number of nitro benzene ring substituents is 1. The molecular weight excluding hydrogens is 414 g/mol. The fraction of sp³-hybridized carbons (Fsp3) is 0.105. The summed E-state index contributed by atoms with van der Waals surface area (Å²) >= 11 is 0. The lowest BCUT2D eigenvalue weighted by molar-refractivity contribution is -0.385. The first-order chi connectivity index (χ1) is 14.0. The van der Waals surface area contributed by atoms with Gasteiger partial charge in [-0.25, -0.2) is 0 Å². The van der Waals surface area contributed by atoms with E-state index in [-0.39, 0.29) is 22.7 Å². The van der Waals surface area contributed by atoms with Gasteiger partial charge in [0.1, 0.15) is 10.6 Å². The first kappa shape index (κ1) is 20.9. The number of carbonyl (C=O) groups is 1. The second-order valence-corrected chi connectivity index (χ2v) is 8.07. The Morgan fingerprint density at radius 3 is 2.53 bits per heavy atom. The molecule has 0 unspecified atom stereocenters. The molecule has 0 saturated heterocycles. The summed E-state index contributed by atoms with van der Waals surface area (Å²) in [5.74, 6) is -1.35. The van der Waals surface area contributed by atoms with Gasteiger partial charge in [-0.2, -0.15) is 8.42 Å². The second kappa shape index (κ2) is 7.52. The molecule has 4 N–H and O–H groups in total. The molecule has 0 atom stereocenters. The van der Waals surface area contributed by atoms with Gasteiger partial charge in [0.25, 0.3) is 0 Å². The number of carbonyl (C=O) groups excluding carboxylic acids is 1. The van der Waals surface area contributed by atoms with Crippen molar-refractivity contribution in [1.82, 2.24) is 0 Å². The highest BCUT2D eigenvalue weighted by atomic mass is 32.2. The maximum Gasteiger partial charge on any atom is 0.340 e. The van der Waals surface area contributed by atoms with E-state index in [0.29, 0.717) is 16.6 Å². The fourth-order valence-corrected chi connectivity index (χ4v) is 4.16. The van der Waals surface area contributed by atoms with E-state index in [4.69, 9.17) is 9.92 Å². The van der Waals surface area contributed by atoms with E-state index in [2.05, 4.69) is 5.32 Å². The molecule has 10 nitrogen and oxygen atoms in total. The van der Waals surface area contributed by atoms with Gasteiger partial charge in [0.05, 0.1) is 10.6 Å². The lowest BCUT2D eigenvalue weighted by Gasteiger charge is -2.13. The molecule has 3 rings (SSSR count). The Hall–Kier alpha value is -3.86. The number of anilines is 2. The smallest absolute Gasteiger partial charge is 0.340 e. The average molecular weight is 431 g/mol. The quantitative estimate of drug-likeness (QED) is 0.240. The Labute approximate surface area is 171 Å². The first-order valence-electron chi connectivity index (χ1n) is 8.51. The zero-order chi connectivity index (χ0) is 22.2. The van der Waals surface area contributed by atoms with Crippen molar-refractivity contribution in [3.8, 4) is 11.5 Å². The number of nitrogens with two attached hydrogens (primary N) is 1. The number of nitro groups is 1. The minimum Gasteiger partial charge on any atom is -0.508 e. The van der Waals surface area contributed by atoms with E-state index in [1.165, 1.54) is 37.3 Å². The summed E-state index contributed by atoms with van der Waals surface area (Å²) < 4.78 is 31.1. The van der Waals surface area contributed by atoms with Crippen LogP contribution in [0.4, 0.5) is 17.1 Å². The van der Waals surface area contributed by atoms with Gasteiger partial charge >= 0.3 is 15.8 Å². The number of aryl methyl sites for hydroxylation is 1. The lowest BCUT2D eigenvalue weighted by Crippen LogP contribution is -2.13. The molecule has 0 radical (unpaired) electrons. The number of phenolic OH excluding ortho intramolecular Hbond substituents is 1. The predicted octanol–water partition coefficient (Wildman–Crippen LogP) is 3.07. The number of aromatic hydroxyl groups is 1. The SMILES string of the molecule is CC(=O)Nc1ccc2cc(O)cc(S(=O)(=O)Oc3c(N)cc(C)cc3[N+](=O)[O-])c2c1. The standard InChI is InChI=1S/C19H17N3O7S/c1-10-5-16(20)19(17(6-10)22(25)26)29-30(27,28)18-9-14(24)7-12-3-4-13(8-15(12)18)21-11(2)23/h3-9,24H,20H2,1-2H3,(H,21,23). The van der Waals surface area contributed by atoms with Crippen LogP contribution in [0.2, 0.25) is 0 Å². The van der Waals surface area contributed by atoms with Gasteiger partial charge in [0, 0.05) is 30.1 Å². The van der Waals surface area contributed by atoms with E-state index in [9.17, 15) is 28.4 Å². The Morgan fingerprint density at radius 2 is 1.90 bits per heavy atom. The molecule has 3 aromatic rings. The second-order valence-electron chi connectivity index (χ2n) is 6.56. The van der Waals surface area contributed by atoms with Crippen molar-refractivity contribution in [2.45, 2.75) is 18.7 Å². The van der Waals surface area contributed by atoms with Crippen LogP contribution in [-0.2, 0) is 14.9 Å². The Balaban J connectivity index is 2.20. The molecule has 30 heavy (non-hydrogen) atoms. The monoisotopic (exact) mass is 431 g/mol. The molecule has 0 aromatic heterocycles.